The van der Waals surface area contributed by atoms with Gasteiger partial charge in [0.05, 0.1) is 12.9 Å². The number of methoxy groups -OCH3 is 1. The first-order valence-corrected chi connectivity index (χ1v) is 9.52. The Morgan fingerprint density at radius 3 is 2.69 bits per heavy atom. The third-order valence-corrected chi connectivity index (χ3v) is 5.48. The zero-order valence-corrected chi connectivity index (χ0v) is 15.8. The molecule has 0 spiro atoms. The van der Waals surface area contributed by atoms with Crippen LogP contribution in [0.3, 0.4) is 0 Å². The molecular formula is C18H16FN3O2S2. The fourth-order valence-electron chi connectivity index (χ4n) is 2.13. The Morgan fingerprint density at radius 2 is 2.00 bits per heavy atom. The second-order valence-electron chi connectivity index (χ2n) is 5.43. The van der Waals surface area contributed by atoms with Crippen LogP contribution in [0.1, 0.15) is 15.9 Å². The predicted molar refractivity (Wildman–Crippen MR) is 102 cm³/mol. The van der Waals surface area contributed by atoms with Gasteiger partial charge in [-0.2, -0.15) is 0 Å². The highest BCUT2D eigenvalue weighted by molar-refractivity contribution is 8.01. The van der Waals surface area contributed by atoms with Gasteiger partial charge in [-0.05, 0) is 37.3 Å². The number of ether oxygens (including phenoxy) is 1. The van der Waals surface area contributed by atoms with E-state index in [2.05, 4.69) is 15.5 Å². The second-order valence-corrected chi connectivity index (χ2v) is 7.63. The van der Waals surface area contributed by atoms with Crippen molar-refractivity contribution in [2.45, 2.75) is 11.3 Å². The Morgan fingerprint density at radius 1 is 1.23 bits per heavy atom. The zero-order valence-electron chi connectivity index (χ0n) is 14.2. The number of Topliss-reactive ketones (excluding diaryl/α,β-unsaturated/α-hetero) is 1. The Balaban J connectivity index is 1.58. The Hall–Kier alpha value is -2.45. The van der Waals surface area contributed by atoms with Crippen molar-refractivity contribution in [3.63, 3.8) is 0 Å². The number of nitrogens with one attached hydrogen (secondary N) is 1. The highest BCUT2D eigenvalue weighted by atomic mass is 32.2. The molecule has 0 aliphatic rings. The van der Waals surface area contributed by atoms with E-state index in [-0.39, 0.29) is 17.3 Å². The molecule has 0 saturated carbocycles. The number of aryl methyl sites for hydroxylation is 1. The lowest BCUT2D eigenvalue weighted by atomic mass is 10.1. The molecule has 1 N–H and O–H groups in total. The quantitative estimate of drug-likeness (QED) is 0.466. The molecule has 2 aromatic carbocycles. The van der Waals surface area contributed by atoms with Gasteiger partial charge < -0.3 is 10.1 Å². The molecule has 0 atom stereocenters. The van der Waals surface area contributed by atoms with E-state index in [9.17, 15) is 9.18 Å². The van der Waals surface area contributed by atoms with E-state index < -0.39 is 5.82 Å². The highest BCUT2D eigenvalue weighted by Gasteiger charge is 2.13. The average molecular weight is 389 g/mol. The van der Waals surface area contributed by atoms with Crippen LogP contribution < -0.4 is 10.1 Å². The summed E-state index contributed by atoms with van der Waals surface area (Å²) in [6.07, 6.45) is 0. The van der Waals surface area contributed by atoms with Gasteiger partial charge in [0.25, 0.3) is 0 Å². The molecule has 0 aliphatic carbocycles. The van der Waals surface area contributed by atoms with E-state index in [0.29, 0.717) is 15.0 Å². The van der Waals surface area contributed by atoms with Gasteiger partial charge in [-0.1, -0.05) is 40.8 Å². The van der Waals surface area contributed by atoms with Gasteiger partial charge in [0.1, 0.15) is 0 Å². The maximum Gasteiger partial charge on any atom is 0.210 e. The number of carbonyl (C=O) groups excluding carboxylic acids is 1. The molecule has 3 rings (SSSR count). The molecule has 0 saturated heterocycles. The third-order valence-electron chi connectivity index (χ3n) is 3.51. The van der Waals surface area contributed by atoms with Gasteiger partial charge in [-0.15, -0.1) is 10.2 Å². The van der Waals surface area contributed by atoms with E-state index in [0.717, 1.165) is 5.69 Å². The smallest absolute Gasteiger partial charge is 0.210 e. The molecule has 1 aromatic heterocycles. The van der Waals surface area contributed by atoms with Crippen LogP contribution >= 0.6 is 23.1 Å². The number of halogens is 1. The molecule has 0 unspecified atom stereocenters. The van der Waals surface area contributed by atoms with Crippen molar-refractivity contribution in [1.29, 1.82) is 0 Å². The van der Waals surface area contributed by atoms with Crippen LogP contribution in [0.2, 0.25) is 0 Å². The number of benzene rings is 2. The minimum absolute atomic E-state index is 0.116. The largest absolute Gasteiger partial charge is 0.494 e. The number of carbonyl (C=O) groups is 1. The topological polar surface area (TPSA) is 64.1 Å². The third kappa shape index (κ3) is 4.59. The van der Waals surface area contributed by atoms with Crippen molar-refractivity contribution in [3.8, 4) is 5.75 Å². The molecule has 134 valence electrons. The molecule has 3 aromatic rings. The predicted octanol–water partition coefficient (Wildman–Crippen LogP) is 4.71. The lowest BCUT2D eigenvalue weighted by Gasteiger charge is -2.04. The number of rotatable bonds is 7. The van der Waals surface area contributed by atoms with Crippen LogP contribution in [0.5, 0.6) is 5.75 Å². The summed E-state index contributed by atoms with van der Waals surface area (Å²) in [7, 11) is 1.38. The van der Waals surface area contributed by atoms with Gasteiger partial charge in [-0.3, -0.25) is 4.79 Å². The molecule has 1 heterocycles. The Labute approximate surface area is 158 Å². The summed E-state index contributed by atoms with van der Waals surface area (Å²) in [5.41, 5.74) is 2.41. The molecule has 26 heavy (non-hydrogen) atoms. The summed E-state index contributed by atoms with van der Waals surface area (Å²) in [4.78, 5) is 12.2. The summed E-state index contributed by atoms with van der Waals surface area (Å²) in [5.74, 6) is -0.459. The van der Waals surface area contributed by atoms with Crippen LogP contribution in [-0.2, 0) is 0 Å². The summed E-state index contributed by atoms with van der Waals surface area (Å²) < 4.78 is 19.2. The van der Waals surface area contributed by atoms with Crippen molar-refractivity contribution in [2.75, 3.05) is 18.2 Å². The first kappa shape index (κ1) is 18.3. The number of thioether (sulfide) groups is 1. The number of aromatic nitrogens is 2. The SMILES string of the molecule is COc1ccc(C(=O)CSc2nnc(Nc3ccc(C)cc3)s2)cc1F. The number of hydrogen-bond donors (Lipinski definition) is 1. The average Bonchev–Trinajstić information content (AvgIpc) is 3.09. The lowest BCUT2D eigenvalue weighted by Crippen LogP contribution is -2.03. The van der Waals surface area contributed by atoms with Gasteiger partial charge >= 0.3 is 0 Å². The molecule has 0 amide bonds. The molecular weight excluding hydrogens is 373 g/mol. The molecule has 0 bridgehead atoms. The molecule has 5 nitrogen and oxygen atoms in total. The van der Waals surface area contributed by atoms with Crippen LogP contribution in [0, 0.1) is 12.7 Å². The summed E-state index contributed by atoms with van der Waals surface area (Å²) in [6, 6.07) is 12.1. The first-order valence-electron chi connectivity index (χ1n) is 7.72. The maximum atomic E-state index is 13.7. The molecule has 0 radical (unpaired) electrons. The zero-order chi connectivity index (χ0) is 18.5. The molecule has 0 aliphatic heterocycles. The van der Waals surface area contributed by atoms with Gasteiger partial charge in [-0.25, -0.2) is 4.39 Å². The van der Waals surface area contributed by atoms with Crippen LogP contribution in [0.4, 0.5) is 15.2 Å². The Kier molecular flexibility index (Phi) is 5.85. The minimum atomic E-state index is -0.552. The van der Waals surface area contributed by atoms with E-state index in [1.165, 1.54) is 47.9 Å². The van der Waals surface area contributed by atoms with E-state index in [1.807, 2.05) is 31.2 Å². The molecule has 8 heteroatoms. The van der Waals surface area contributed by atoms with E-state index in [1.54, 1.807) is 6.07 Å². The summed E-state index contributed by atoms with van der Waals surface area (Å²) in [6.45, 7) is 2.02. The van der Waals surface area contributed by atoms with Gasteiger partial charge in [0.15, 0.2) is 21.7 Å². The highest BCUT2D eigenvalue weighted by Crippen LogP contribution is 2.28. The van der Waals surface area contributed by atoms with Crippen molar-refractivity contribution < 1.29 is 13.9 Å². The van der Waals surface area contributed by atoms with Gasteiger partial charge in [0, 0.05) is 11.3 Å². The second kappa shape index (κ2) is 8.29. The van der Waals surface area contributed by atoms with Crippen LogP contribution in [0.15, 0.2) is 46.8 Å². The number of nitrogens with zero attached hydrogens (tertiary/aromatic N) is 2. The normalized spacial score (nSPS) is 10.6. The van der Waals surface area contributed by atoms with Crippen molar-refractivity contribution in [3.05, 3.63) is 59.4 Å². The first-order chi connectivity index (χ1) is 12.5. The number of anilines is 2. The fraction of sp³-hybridized carbons (Fsp3) is 0.167. The van der Waals surface area contributed by atoms with Gasteiger partial charge in [0.2, 0.25) is 5.13 Å². The monoisotopic (exact) mass is 389 g/mol. The van der Waals surface area contributed by atoms with Crippen LogP contribution in [-0.4, -0.2) is 28.8 Å². The van der Waals surface area contributed by atoms with E-state index in [4.69, 9.17) is 4.74 Å². The molecule has 0 fully saturated rings. The number of hydrogen-bond acceptors (Lipinski definition) is 7. The Bertz CT molecular complexity index is 913. The van der Waals surface area contributed by atoms with Crippen LogP contribution in [0.25, 0.3) is 0 Å². The van der Waals surface area contributed by atoms with Crippen molar-refractivity contribution >= 4 is 39.7 Å². The number of ketones is 1. The summed E-state index contributed by atoms with van der Waals surface area (Å²) in [5, 5.41) is 12.0. The fourth-order valence-corrected chi connectivity index (χ4v) is 3.80. The van der Waals surface area contributed by atoms with Crippen molar-refractivity contribution in [1.82, 2.24) is 10.2 Å². The minimum Gasteiger partial charge on any atom is -0.494 e. The lowest BCUT2D eigenvalue weighted by molar-refractivity contribution is 0.102. The van der Waals surface area contributed by atoms with E-state index >= 15 is 0 Å². The standard InChI is InChI=1S/C18H16FN3O2S2/c1-11-3-6-13(7-4-11)20-17-21-22-18(26-17)25-10-15(23)12-5-8-16(24-2)14(19)9-12/h3-9H,10H2,1-2H3,(H,20,21). The van der Waals surface area contributed by atoms with Crippen molar-refractivity contribution in [2.24, 2.45) is 0 Å². The summed E-state index contributed by atoms with van der Waals surface area (Å²) >= 11 is 2.64. The maximum absolute atomic E-state index is 13.7.